The maximum atomic E-state index is 13.2. The van der Waals surface area contributed by atoms with Gasteiger partial charge in [-0.1, -0.05) is 33.6 Å². The summed E-state index contributed by atoms with van der Waals surface area (Å²) >= 11 is 15.8. The first-order valence-electron chi connectivity index (χ1n) is 5.87. The summed E-state index contributed by atoms with van der Waals surface area (Å²) in [5.41, 5.74) is 2.56. The number of aryl methyl sites for hydroxylation is 1. The van der Waals surface area contributed by atoms with Crippen LogP contribution in [0.5, 0.6) is 5.75 Å². The number of benzene rings is 2. The molecule has 0 radical (unpaired) electrons. The maximum Gasteiger partial charge on any atom is 0.141 e. The number of hydrogen-bond acceptors (Lipinski definition) is 1. The molecule has 2 aromatic rings. The molecule has 0 aliphatic carbocycles. The van der Waals surface area contributed by atoms with Crippen LogP contribution in [0, 0.1) is 12.7 Å². The van der Waals surface area contributed by atoms with Crippen LogP contribution in [-0.4, -0.2) is 7.11 Å². The van der Waals surface area contributed by atoms with E-state index in [2.05, 4.69) is 15.9 Å². The summed E-state index contributed by atoms with van der Waals surface area (Å²) in [7, 11) is 1.59. The average Bonchev–Trinajstić information content (AvgIpc) is 2.43. The van der Waals surface area contributed by atoms with Gasteiger partial charge in [-0.25, -0.2) is 4.39 Å². The predicted octanol–water partition coefficient (Wildman–Crippen LogP) is 5.89. The van der Waals surface area contributed by atoms with Crippen molar-refractivity contribution in [1.82, 2.24) is 0 Å². The molecule has 0 saturated heterocycles. The molecule has 2 aromatic carbocycles. The van der Waals surface area contributed by atoms with Crippen LogP contribution in [-0.2, 0) is 0 Å². The van der Waals surface area contributed by atoms with Crippen molar-refractivity contribution in [2.75, 3.05) is 7.11 Å². The third-order valence-electron chi connectivity index (χ3n) is 3.02. The lowest BCUT2D eigenvalue weighted by atomic mass is 10.0. The zero-order valence-electron chi connectivity index (χ0n) is 10.9. The molecule has 2 rings (SSSR count). The lowest BCUT2D eigenvalue weighted by molar-refractivity contribution is 0.409. The molecular formula is C15H12BrCl2FO. The molecule has 0 aliphatic heterocycles. The largest absolute Gasteiger partial charge is 0.496 e. The molecular weight excluding hydrogens is 366 g/mol. The van der Waals surface area contributed by atoms with Crippen molar-refractivity contribution in [3.05, 3.63) is 62.3 Å². The highest BCUT2D eigenvalue weighted by Gasteiger charge is 2.18. The van der Waals surface area contributed by atoms with E-state index >= 15 is 0 Å². The summed E-state index contributed by atoms with van der Waals surface area (Å²) < 4.78 is 19.5. The first-order chi connectivity index (χ1) is 9.43. The van der Waals surface area contributed by atoms with Gasteiger partial charge in [0.2, 0.25) is 0 Å². The molecule has 0 saturated carbocycles. The Hall–Kier alpha value is -0.770. The van der Waals surface area contributed by atoms with Crippen LogP contribution in [0.2, 0.25) is 5.02 Å². The molecule has 1 atom stereocenters. The minimum absolute atomic E-state index is 0.0540. The summed E-state index contributed by atoms with van der Waals surface area (Å²) in [5.74, 6) is 0.225. The fraction of sp³-hybridized carbons (Fsp3) is 0.200. The molecule has 0 heterocycles. The quantitative estimate of drug-likeness (QED) is 0.606. The molecule has 106 valence electrons. The summed E-state index contributed by atoms with van der Waals surface area (Å²) in [5, 5.41) is -0.418. The fourth-order valence-corrected chi connectivity index (χ4v) is 2.75. The van der Waals surface area contributed by atoms with Crippen molar-refractivity contribution >= 4 is 39.1 Å². The molecule has 20 heavy (non-hydrogen) atoms. The number of alkyl halides is 1. The van der Waals surface area contributed by atoms with Gasteiger partial charge in [-0.05, 0) is 42.3 Å². The highest BCUT2D eigenvalue weighted by molar-refractivity contribution is 9.10. The Labute approximate surface area is 135 Å². The van der Waals surface area contributed by atoms with Gasteiger partial charge in [0.25, 0.3) is 0 Å². The van der Waals surface area contributed by atoms with Crippen LogP contribution in [0.15, 0.2) is 34.8 Å². The Morgan fingerprint density at radius 1 is 1.25 bits per heavy atom. The minimum atomic E-state index is -0.472. The minimum Gasteiger partial charge on any atom is -0.496 e. The molecule has 1 unspecified atom stereocenters. The number of hydrogen-bond donors (Lipinski definition) is 0. The van der Waals surface area contributed by atoms with E-state index in [1.807, 2.05) is 19.1 Å². The van der Waals surface area contributed by atoms with E-state index < -0.39 is 11.2 Å². The van der Waals surface area contributed by atoms with Gasteiger partial charge in [-0.3, -0.25) is 0 Å². The molecule has 1 nitrogen and oxygen atoms in total. The molecule has 5 heteroatoms. The van der Waals surface area contributed by atoms with Crippen molar-refractivity contribution in [3.8, 4) is 5.75 Å². The van der Waals surface area contributed by atoms with Crippen LogP contribution in [0.1, 0.15) is 22.1 Å². The Kier molecular flexibility index (Phi) is 4.95. The summed E-state index contributed by atoms with van der Waals surface area (Å²) in [6.45, 7) is 1.97. The SMILES string of the molecule is COc1cc(C)c(Br)cc1C(Cl)c1ccc(F)c(Cl)c1. The van der Waals surface area contributed by atoms with Crippen LogP contribution in [0.3, 0.4) is 0 Å². The normalized spacial score (nSPS) is 12.3. The molecule has 0 aliphatic rings. The number of rotatable bonds is 3. The summed E-state index contributed by atoms with van der Waals surface area (Å²) in [6.07, 6.45) is 0. The van der Waals surface area contributed by atoms with Gasteiger partial charge in [-0.2, -0.15) is 0 Å². The van der Waals surface area contributed by atoms with Crippen LogP contribution < -0.4 is 4.74 Å². The van der Waals surface area contributed by atoms with E-state index in [-0.39, 0.29) is 5.02 Å². The van der Waals surface area contributed by atoms with Crippen molar-refractivity contribution in [1.29, 1.82) is 0 Å². The second kappa shape index (κ2) is 6.33. The fourth-order valence-electron chi connectivity index (χ4n) is 1.89. The van der Waals surface area contributed by atoms with Gasteiger partial charge in [0.1, 0.15) is 11.6 Å². The van der Waals surface area contributed by atoms with Gasteiger partial charge in [0.05, 0.1) is 17.5 Å². The Morgan fingerprint density at radius 2 is 1.95 bits per heavy atom. The second-order valence-electron chi connectivity index (χ2n) is 4.38. The number of ether oxygens (including phenoxy) is 1. The van der Waals surface area contributed by atoms with Crippen LogP contribution in [0.4, 0.5) is 4.39 Å². The standard InChI is InChI=1S/C15H12BrCl2FO/c1-8-5-14(20-2)10(7-11(8)16)15(18)9-3-4-13(19)12(17)6-9/h3-7,15H,1-2H3. The van der Waals surface area contributed by atoms with E-state index in [0.717, 1.165) is 15.6 Å². The molecule has 0 N–H and O–H groups in total. The van der Waals surface area contributed by atoms with Gasteiger partial charge in [-0.15, -0.1) is 11.6 Å². The second-order valence-corrected chi connectivity index (χ2v) is 6.08. The van der Waals surface area contributed by atoms with Crippen LogP contribution in [0.25, 0.3) is 0 Å². The summed E-state index contributed by atoms with van der Waals surface area (Å²) in [6, 6.07) is 8.26. The van der Waals surface area contributed by atoms with E-state index in [0.29, 0.717) is 11.3 Å². The molecule has 0 bridgehead atoms. The number of methoxy groups -OCH3 is 1. The third kappa shape index (κ3) is 3.11. The zero-order valence-corrected chi connectivity index (χ0v) is 14.0. The summed E-state index contributed by atoms with van der Waals surface area (Å²) in [4.78, 5) is 0. The Morgan fingerprint density at radius 3 is 2.55 bits per heavy atom. The topological polar surface area (TPSA) is 9.23 Å². The average molecular weight is 378 g/mol. The monoisotopic (exact) mass is 376 g/mol. The first-order valence-corrected chi connectivity index (χ1v) is 7.48. The van der Waals surface area contributed by atoms with E-state index in [1.165, 1.54) is 12.1 Å². The lowest BCUT2D eigenvalue weighted by Gasteiger charge is -2.16. The molecule has 0 fully saturated rings. The lowest BCUT2D eigenvalue weighted by Crippen LogP contribution is -1.99. The first kappa shape index (κ1) is 15.6. The molecule has 0 amide bonds. The van der Waals surface area contributed by atoms with Crippen molar-refractivity contribution in [2.45, 2.75) is 12.3 Å². The maximum absolute atomic E-state index is 13.2. The predicted molar refractivity (Wildman–Crippen MR) is 84.5 cm³/mol. The van der Waals surface area contributed by atoms with Gasteiger partial charge < -0.3 is 4.74 Å². The zero-order chi connectivity index (χ0) is 14.9. The van der Waals surface area contributed by atoms with E-state index in [1.54, 1.807) is 13.2 Å². The Bertz CT molecular complexity index is 646. The highest BCUT2D eigenvalue weighted by atomic mass is 79.9. The van der Waals surface area contributed by atoms with Gasteiger partial charge in [0.15, 0.2) is 0 Å². The molecule has 0 aromatic heterocycles. The van der Waals surface area contributed by atoms with Gasteiger partial charge in [0, 0.05) is 10.0 Å². The van der Waals surface area contributed by atoms with Crippen molar-refractivity contribution < 1.29 is 9.13 Å². The smallest absolute Gasteiger partial charge is 0.141 e. The Balaban J connectivity index is 2.49. The van der Waals surface area contributed by atoms with Crippen molar-refractivity contribution in [2.24, 2.45) is 0 Å². The highest BCUT2D eigenvalue weighted by Crippen LogP contribution is 2.38. The van der Waals surface area contributed by atoms with Crippen molar-refractivity contribution in [3.63, 3.8) is 0 Å². The molecule has 0 spiro atoms. The van der Waals surface area contributed by atoms with E-state index in [4.69, 9.17) is 27.9 Å². The van der Waals surface area contributed by atoms with E-state index in [9.17, 15) is 4.39 Å². The van der Waals surface area contributed by atoms with Gasteiger partial charge >= 0.3 is 0 Å². The van der Waals surface area contributed by atoms with Crippen LogP contribution >= 0.6 is 39.1 Å². The number of halogens is 4. The third-order valence-corrected chi connectivity index (χ3v) is 4.65.